The third-order valence-corrected chi connectivity index (χ3v) is 2.71. The lowest BCUT2D eigenvalue weighted by atomic mass is 10.1. The van der Waals surface area contributed by atoms with Gasteiger partial charge in [0.25, 0.3) is 5.91 Å². The lowest BCUT2D eigenvalue weighted by Gasteiger charge is -2.11. The van der Waals surface area contributed by atoms with Gasteiger partial charge in [0.05, 0.1) is 18.8 Å². The molecule has 0 aromatic heterocycles. The first-order chi connectivity index (χ1) is 9.00. The lowest BCUT2D eigenvalue weighted by molar-refractivity contribution is 0.0901. The molecule has 0 spiro atoms. The van der Waals surface area contributed by atoms with E-state index >= 15 is 0 Å². The molecule has 19 heavy (non-hydrogen) atoms. The number of likely N-dealkylation sites (N-methyl/N-ethyl adjacent to an activating group) is 1. The maximum absolute atomic E-state index is 11.8. The van der Waals surface area contributed by atoms with Crippen molar-refractivity contribution in [1.82, 2.24) is 10.2 Å². The van der Waals surface area contributed by atoms with Crippen LogP contribution in [0, 0.1) is 0 Å². The smallest absolute Gasteiger partial charge is 0.253 e. The molecule has 0 saturated heterocycles. The number of halogens is 1. The molecule has 5 nitrogen and oxygen atoms in total. The third-order valence-electron chi connectivity index (χ3n) is 2.47. The van der Waals surface area contributed by atoms with Gasteiger partial charge in [0.2, 0.25) is 0 Å². The van der Waals surface area contributed by atoms with Gasteiger partial charge in [-0.25, -0.2) is 0 Å². The van der Waals surface area contributed by atoms with Gasteiger partial charge < -0.3 is 20.7 Å². The van der Waals surface area contributed by atoms with Gasteiger partial charge >= 0.3 is 0 Å². The highest BCUT2D eigenvalue weighted by Gasteiger charge is 2.08. The first kappa shape index (κ1) is 15.8. The van der Waals surface area contributed by atoms with Crippen LogP contribution in [0.3, 0.4) is 0 Å². The summed E-state index contributed by atoms with van der Waals surface area (Å²) < 4.78 is 5.37. The summed E-state index contributed by atoms with van der Waals surface area (Å²) in [5.74, 6) is -0.217. The van der Waals surface area contributed by atoms with E-state index in [1.165, 1.54) is 0 Å². The maximum Gasteiger partial charge on any atom is 0.253 e. The van der Waals surface area contributed by atoms with Crippen LogP contribution in [0.2, 0.25) is 5.02 Å². The summed E-state index contributed by atoms with van der Waals surface area (Å²) in [6, 6.07) is 4.81. The van der Waals surface area contributed by atoms with Crippen LogP contribution in [0.15, 0.2) is 18.2 Å². The van der Waals surface area contributed by atoms with E-state index in [0.29, 0.717) is 36.0 Å². The molecule has 1 aromatic rings. The number of hydrogen-bond acceptors (Lipinski definition) is 4. The van der Waals surface area contributed by atoms with Crippen molar-refractivity contribution in [3.8, 4) is 0 Å². The summed E-state index contributed by atoms with van der Waals surface area (Å²) >= 11 is 5.77. The number of nitrogens with zero attached hydrogens (tertiary/aromatic N) is 1. The zero-order valence-electron chi connectivity index (χ0n) is 11.3. The zero-order chi connectivity index (χ0) is 14.3. The standard InChI is InChI=1S/C13H20ClN3O2/c1-17(2)6-8-19-7-5-16-13(18)11-4-3-10(14)9-12(11)15/h3-4,9H,5-8,15H2,1-2H3,(H,16,18). The van der Waals surface area contributed by atoms with Gasteiger partial charge in [0.1, 0.15) is 0 Å². The number of nitrogens with two attached hydrogens (primary N) is 1. The van der Waals surface area contributed by atoms with Crippen molar-refractivity contribution in [2.24, 2.45) is 0 Å². The minimum Gasteiger partial charge on any atom is -0.398 e. The van der Waals surface area contributed by atoms with E-state index in [0.717, 1.165) is 6.54 Å². The van der Waals surface area contributed by atoms with Crippen molar-refractivity contribution in [1.29, 1.82) is 0 Å². The number of amides is 1. The highest BCUT2D eigenvalue weighted by atomic mass is 35.5. The first-order valence-electron chi connectivity index (χ1n) is 6.06. The molecule has 0 radical (unpaired) electrons. The predicted octanol–water partition coefficient (Wildman–Crippen LogP) is 1.23. The Kier molecular flexibility index (Phi) is 6.62. The number of carbonyl (C=O) groups is 1. The van der Waals surface area contributed by atoms with E-state index in [2.05, 4.69) is 5.32 Å². The second-order valence-corrected chi connectivity index (χ2v) is 4.84. The molecule has 0 atom stereocenters. The molecule has 1 rings (SSSR count). The van der Waals surface area contributed by atoms with Gasteiger partial charge in [0, 0.05) is 23.8 Å². The Hall–Kier alpha value is -1.30. The van der Waals surface area contributed by atoms with Crippen LogP contribution >= 0.6 is 11.6 Å². The van der Waals surface area contributed by atoms with E-state index in [-0.39, 0.29) is 5.91 Å². The van der Waals surface area contributed by atoms with Crippen molar-refractivity contribution in [2.75, 3.05) is 46.1 Å². The lowest BCUT2D eigenvalue weighted by Crippen LogP contribution is -2.28. The molecule has 0 unspecified atom stereocenters. The molecular formula is C13H20ClN3O2. The number of anilines is 1. The Bertz CT molecular complexity index is 424. The molecule has 0 aliphatic carbocycles. The highest BCUT2D eigenvalue weighted by Crippen LogP contribution is 2.17. The van der Waals surface area contributed by atoms with Crippen LogP contribution in [0.1, 0.15) is 10.4 Å². The van der Waals surface area contributed by atoms with E-state index in [1.54, 1.807) is 18.2 Å². The van der Waals surface area contributed by atoms with Crippen LogP contribution in [0.5, 0.6) is 0 Å². The summed E-state index contributed by atoms with van der Waals surface area (Å²) in [6.45, 7) is 2.44. The molecule has 106 valence electrons. The summed E-state index contributed by atoms with van der Waals surface area (Å²) in [4.78, 5) is 13.9. The Labute approximate surface area is 118 Å². The Morgan fingerprint density at radius 1 is 1.42 bits per heavy atom. The van der Waals surface area contributed by atoms with Crippen LogP contribution in [0.25, 0.3) is 0 Å². The maximum atomic E-state index is 11.8. The summed E-state index contributed by atoms with van der Waals surface area (Å²) in [7, 11) is 3.96. The van der Waals surface area contributed by atoms with Gasteiger partial charge in [-0.15, -0.1) is 0 Å². The SMILES string of the molecule is CN(C)CCOCCNC(=O)c1ccc(Cl)cc1N. The number of carbonyl (C=O) groups excluding carboxylic acids is 1. The highest BCUT2D eigenvalue weighted by molar-refractivity contribution is 6.31. The topological polar surface area (TPSA) is 67.6 Å². The molecule has 0 aliphatic rings. The Balaban J connectivity index is 2.28. The molecule has 1 aromatic carbocycles. The van der Waals surface area contributed by atoms with Crippen LogP contribution in [-0.2, 0) is 4.74 Å². The molecule has 0 fully saturated rings. The Morgan fingerprint density at radius 2 is 2.16 bits per heavy atom. The largest absolute Gasteiger partial charge is 0.398 e. The Morgan fingerprint density at radius 3 is 2.79 bits per heavy atom. The van der Waals surface area contributed by atoms with E-state index in [1.807, 2.05) is 19.0 Å². The normalized spacial score (nSPS) is 10.7. The van der Waals surface area contributed by atoms with E-state index < -0.39 is 0 Å². The number of nitrogen functional groups attached to an aromatic ring is 1. The van der Waals surface area contributed by atoms with Crippen molar-refractivity contribution in [2.45, 2.75) is 0 Å². The fourth-order valence-electron chi connectivity index (χ4n) is 1.42. The molecular weight excluding hydrogens is 266 g/mol. The number of hydrogen-bond donors (Lipinski definition) is 2. The first-order valence-corrected chi connectivity index (χ1v) is 6.44. The van der Waals surface area contributed by atoms with Gasteiger partial charge in [-0.05, 0) is 32.3 Å². The average Bonchev–Trinajstić information content (AvgIpc) is 2.32. The number of benzene rings is 1. The molecule has 0 heterocycles. The second kappa shape index (κ2) is 7.99. The molecule has 0 saturated carbocycles. The van der Waals surface area contributed by atoms with Crippen LogP contribution < -0.4 is 11.1 Å². The fourth-order valence-corrected chi connectivity index (χ4v) is 1.60. The molecule has 3 N–H and O–H groups in total. The number of rotatable bonds is 7. The van der Waals surface area contributed by atoms with Crippen LogP contribution in [0.4, 0.5) is 5.69 Å². The monoisotopic (exact) mass is 285 g/mol. The second-order valence-electron chi connectivity index (χ2n) is 4.40. The molecule has 0 aliphatic heterocycles. The predicted molar refractivity (Wildman–Crippen MR) is 77.6 cm³/mol. The quantitative estimate of drug-likeness (QED) is 0.584. The summed E-state index contributed by atoms with van der Waals surface area (Å²) in [6.07, 6.45) is 0. The van der Waals surface area contributed by atoms with Crippen molar-refractivity contribution < 1.29 is 9.53 Å². The van der Waals surface area contributed by atoms with E-state index in [4.69, 9.17) is 22.1 Å². The van der Waals surface area contributed by atoms with Crippen molar-refractivity contribution in [3.05, 3.63) is 28.8 Å². The van der Waals surface area contributed by atoms with E-state index in [9.17, 15) is 4.79 Å². The van der Waals surface area contributed by atoms with Crippen molar-refractivity contribution in [3.63, 3.8) is 0 Å². The van der Waals surface area contributed by atoms with Crippen molar-refractivity contribution >= 4 is 23.2 Å². The third kappa shape index (κ3) is 5.92. The molecule has 0 bridgehead atoms. The number of nitrogens with one attached hydrogen (secondary N) is 1. The van der Waals surface area contributed by atoms with Crippen LogP contribution in [-0.4, -0.2) is 51.2 Å². The fraction of sp³-hybridized carbons (Fsp3) is 0.462. The van der Waals surface area contributed by atoms with Gasteiger partial charge in [0.15, 0.2) is 0 Å². The summed E-state index contributed by atoms with van der Waals surface area (Å²) in [5.41, 5.74) is 6.53. The van der Waals surface area contributed by atoms with Gasteiger partial charge in [-0.3, -0.25) is 4.79 Å². The van der Waals surface area contributed by atoms with Gasteiger partial charge in [-0.1, -0.05) is 11.6 Å². The number of ether oxygens (including phenoxy) is 1. The average molecular weight is 286 g/mol. The van der Waals surface area contributed by atoms with Gasteiger partial charge in [-0.2, -0.15) is 0 Å². The summed E-state index contributed by atoms with van der Waals surface area (Å²) in [5, 5.41) is 3.26. The minimum atomic E-state index is -0.217. The molecule has 6 heteroatoms. The zero-order valence-corrected chi connectivity index (χ0v) is 12.0. The molecule has 1 amide bonds. The minimum absolute atomic E-state index is 0.217.